The van der Waals surface area contributed by atoms with E-state index in [1.165, 1.54) is 0 Å². The predicted octanol–water partition coefficient (Wildman–Crippen LogP) is 3.16. The van der Waals surface area contributed by atoms with Gasteiger partial charge in [-0.1, -0.05) is 24.3 Å². The van der Waals surface area contributed by atoms with Crippen molar-refractivity contribution in [2.45, 2.75) is 20.0 Å². The first kappa shape index (κ1) is 18.3. The summed E-state index contributed by atoms with van der Waals surface area (Å²) in [4.78, 5) is 0. The Labute approximate surface area is 147 Å². The molecule has 0 bridgehead atoms. The zero-order valence-electron chi connectivity index (χ0n) is 14.3. The van der Waals surface area contributed by atoms with Gasteiger partial charge in [-0.3, -0.25) is 4.57 Å². The second kappa shape index (κ2) is 7.79. The summed E-state index contributed by atoms with van der Waals surface area (Å²) in [6.45, 7) is 4.07. The van der Waals surface area contributed by atoms with E-state index in [-0.39, 0.29) is 24.6 Å². The quantitative estimate of drug-likeness (QED) is 0.595. The fraction of sp³-hybridized carbons (Fsp3) is 0.333. The minimum Gasteiger partial charge on any atom is -0.623 e. The van der Waals surface area contributed by atoms with Crippen molar-refractivity contribution in [3.63, 3.8) is 0 Å². The van der Waals surface area contributed by atoms with Crippen LogP contribution in [0.15, 0.2) is 53.8 Å². The van der Waals surface area contributed by atoms with Gasteiger partial charge in [0.05, 0.1) is 13.2 Å². The summed E-state index contributed by atoms with van der Waals surface area (Å²) in [6, 6.07) is 7.46. The average Bonchev–Trinajstić information content (AvgIpc) is 2.61. The molecule has 1 aliphatic heterocycles. The van der Waals surface area contributed by atoms with Crippen LogP contribution in [-0.4, -0.2) is 25.7 Å². The van der Waals surface area contributed by atoms with E-state index in [0.717, 1.165) is 11.1 Å². The van der Waals surface area contributed by atoms with Crippen molar-refractivity contribution >= 4 is 19.4 Å². The van der Waals surface area contributed by atoms with Crippen LogP contribution in [0.2, 0.25) is 0 Å². The summed E-state index contributed by atoms with van der Waals surface area (Å²) in [5, 5.41) is 12.7. The van der Waals surface area contributed by atoms with Gasteiger partial charge in [-0.15, -0.1) is 0 Å². The molecule has 2 unspecified atom stereocenters. The molecule has 134 valence electrons. The van der Waals surface area contributed by atoms with Crippen molar-refractivity contribution < 1.29 is 23.4 Å². The number of fused-ring (bicyclic) bond motifs is 2. The topological polar surface area (TPSA) is 72.3 Å². The molecule has 0 saturated carbocycles. The van der Waals surface area contributed by atoms with Crippen LogP contribution in [0.3, 0.4) is 0 Å². The van der Waals surface area contributed by atoms with Crippen molar-refractivity contribution in [3.8, 4) is 0 Å². The van der Waals surface area contributed by atoms with Crippen molar-refractivity contribution in [1.29, 1.82) is 0 Å². The first-order chi connectivity index (χ1) is 12.1. The molecule has 1 aliphatic carbocycles. The highest BCUT2D eigenvalue weighted by atomic mass is 31.2. The maximum absolute atomic E-state index is 12.7. The molecule has 2 aliphatic rings. The van der Waals surface area contributed by atoms with Crippen molar-refractivity contribution in [1.82, 2.24) is 0 Å². The summed E-state index contributed by atoms with van der Waals surface area (Å²) >= 11 is 0. The Morgan fingerprint density at radius 2 is 1.92 bits per heavy atom. The summed E-state index contributed by atoms with van der Waals surface area (Å²) in [7, 11) is -3.30. The third-order valence-electron chi connectivity index (χ3n) is 3.99. The summed E-state index contributed by atoms with van der Waals surface area (Å²) in [5.74, 6) is 0. The maximum atomic E-state index is 12.7. The molecule has 0 amide bonds. The van der Waals surface area contributed by atoms with Gasteiger partial charge in [-0.25, -0.2) is 0 Å². The Morgan fingerprint density at radius 1 is 1.20 bits per heavy atom. The third kappa shape index (κ3) is 3.85. The highest BCUT2D eigenvalue weighted by Gasteiger charge is 2.32. The van der Waals surface area contributed by atoms with Gasteiger partial charge in [0.15, 0.2) is 0 Å². The monoisotopic (exact) mass is 363 g/mol. The summed E-state index contributed by atoms with van der Waals surface area (Å²) in [5.41, 5.74) is 2.92. The molecule has 1 heterocycles. The largest absolute Gasteiger partial charge is 0.623 e. The highest BCUT2D eigenvalue weighted by Crippen LogP contribution is 2.48. The van der Waals surface area contributed by atoms with Gasteiger partial charge in [0.25, 0.3) is 0 Å². The second-order valence-corrected chi connectivity index (χ2v) is 7.64. The lowest BCUT2D eigenvalue weighted by atomic mass is 9.93. The first-order valence-electron chi connectivity index (χ1n) is 8.32. The Kier molecular flexibility index (Phi) is 5.69. The molecular weight excluding hydrogens is 341 g/mol. The van der Waals surface area contributed by atoms with E-state index in [4.69, 9.17) is 13.8 Å². The number of ether oxygens (including phenoxy) is 1. The predicted molar refractivity (Wildman–Crippen MR) is 96.2 cm³/mol. The van der Waals surface area contributed by atoms with Gasteiger partial charge in [-0.05, 0) is 32.1 Å². The lowest BCUT2D eigenvalue weighted by molar-refractivity contribution is -0.729. The van der Waals surface area contributed by atoms with Crippen LogP contribution in [0.25, 0.3) is 6.08 Å². The van der Waals surface area contributed by atoms with Gasteiger partial charge in [0.1, 0.15) is 23.8 Å². The summed E-state index contributed by atoms with van der Waals surface area (Å²) < 4.78 is 28.9. The second-order valence-electron chi connectivity index (χ2n) is 5.64. The van der Waals surface area contributed by atoms with Crippen LogP contribution in [0.5, 0.6) is 0 Å². The number of hydrogen-bond acceptors (Lipinski definition) is 5. The highest BCUT2D eigenvalue weighted by molar-refractivity contribution is 7.53. The number of benzene rings is 1. The lowest BCUT2D eigenvalue weighted by Gasteiger charge is -2.34. The number of hydrogen-bond donors (Lipinski definition) is 1. The summed E-state index contributed by atoms with van der Waals surface area (Å²) in [6.07, 6.45) is 6.72. The minimum atomic E-state index is -3.30. The van der Waals surface area contributed by atoms with E-state index in [2.05, 4.69) is 0 Å². The average molecular weight is 363 g/mol. The number of hydroxylamine groups is 1. The van der Waals surface area contributed by atoms with Crippen molar-refractivity contribution in [2.75, 3.05) is 19.6 Å². The molecule has 25 heavy (non-hydrogen) atoms. The lowest BCUT2D eigenvalue weighted by Crippen LogP contribution is -3.01. The van der Waals surface area contributed by atoms with E-state index in [1.54, 1.807) is 26.0 Å². The van der Waals surface area contributed by atoms with Gasteiger partial charge in [0.2, 0.25) is 0 Å². The van der Waals surface area contributed by atoms with Gasteiger partial charge < -0.3 is 24.1 Å². The van der Waals surface area contributed by atoms with E-state index < -0.39 is 13.7 Å². The molecule has 0 saturated heterocycles. The molecule has 7 heteroatoms. The van der Waals surface area contributed by atoms with Crippen LogP contribution in [0, 0.1) is 5.21 Å². The molecule has 0 aromatic heterocycles. The third-order valence-corrected chi connectivity index (χ3v) is 5.76. The molecular formula is C18H22NO5P. The molecule has 0 fully saturated rings. The van der Waals surface area contributed by atoms with Crippen molar-refractivity contribution in [3.05, 3.63) is 64.5 Å². The van der Waals surface area contributed by atoms with Crippen LogP contribution < -0.4 is 5.06 Å². The Hall–Kier alpha value is -1.53. The number of allylic oxidation sites excluding steroid dienone is 2. The van der Waals surface area contributed by atoms with E-state index in [9.17, 15) is 9.77 Å². The number of para-hydroxylation sites is 1. The van der Waals surface area contributed by atoms with E-state index in [1.807, 2.05) is 36.4 Å². The van der Waals surface area contributed by atoms with Gasteiger partial charge in [-0.2, -0.15) is 0 Å². The normalized spacial score (nSPS) is 22.0. The SMILES string of the molecule is CCOP(=O)(COC1C=CC=C2C1=Cc1ccccc1[NH+]2[O-])OCC. The van der Waals surface area contributed by atoms with Crippen LogP contribution in [-0.2, 0) is 18.3 Å². The van der Waals surface area contributed by atoms with Crippen molar-refractivity contribution in [2.24, 2.45) is 0 Å². The first-order valence-corrected chi connectivity index (χ1v) is 10.0. The van der Waals surface area contributed by atoms with Crippen LogP contribution in [0.1, 0.15) is 19.4 Å². The zero-order chi connectivity index (χ0) is 17.9. The van der Waals surface area contributed by atoms with Gasteiger partial charge >= 0.3 is 7.60 Å². The Balaban J connectivity index is 1.82. The fourth-order valence-corrected chi connectivity index (χ4v) is 4.29. The molecule has 1 N–H and O–H groups in total. The zero-order valence-corrected chi connectivity index (χ0v) is 15.2. The standard InChI is InChI=1S/C18H22NO5P/c1-3-23-25(21,24-4-2)13-22-18-11-7-10-17-15(18)12-14-8-5-6-9-16(14)19(17)20/h5-12,18-19H,3-4,13H2,1-2H3. The van der Waals surface area contributed by atoms with Crippen LogP contribution >= 0.6 is 7.60 Å². The molecule has 0 radical (unpaired) electrons. The smallest absolute Gasteiger partial charge is 0.356 e. The molecule has 6 nitrogen and oxygen atoms in total. The molecule has 1 aromatic carbocycles. The maximum Gasteiger partial charge on any atom is 0.356 e. The molecule has 1 aromatic rings. The van der Waals surface area contributed by atoms with Gasteiger partial charge in [0, 0.05) is 17.2 Å². The Morgan fingerprint density at radius 3 is 2.64 bits per heavy atom. The van der Waals surface area contributed by atoms with E-state index >= 15 is 0 Å². The Bertz CT molecular complexity index is 760. The molecule has 3 rings (SSSR count). The number of nitrogens with one attached hydrogen (secondary N) is 1. The number of rotatable bonds is 7. The molecule has 0 spiro atoms. The van der Waals surface area contributed by atoms with Crippen LogP contribution in [0.4, 0.5) is 5.69 Å². The van der Waals surface area contributed by atoms with E-state index in [0.29, 0.717) is 11.4 Å². The molecule has 2 atom stereocenters. The fourth-order valence-electron chi connectivity index (χ4n) is 2.94. The number of quaternary nitrogens is 1. The minimum absolute atomic E-state index is 0.0242.